The molecule has 0 spiro atoms. The van der Waals surface area contributed by atoms with Crippen molar-refractivity contribution in [1.29, 1.82) is 0 Å². The van der Waals surface area contributed by atoms with Gasteiger partial charge in [0.1, 0.15) is 11.6 Å². The zero-order chi connectivity index (χ0) is 21.5. The molecule has 0 saturated heterocycles. The first-order valence-electron chi connectivity index (χ1n) is 9.38. The predicted molar refractivity (Wildman–Crippen MR) is 112 cm³/mol. The Balaban J connectivity index is 1.73. The van der Waals surface area contributed by atoms with E-state index >= 15 is 0 Å². The van der Waals surface area contributed by atoms with Crippen LogP contribution >= 0.6 is 18.9 Å². The van der Waals surface area contributed by atoms with E-state index < -0.39 is 13.1 Å². The molecule has 0 bridgehead atoms. The second-order valence-corrected chi connectivity index (χ2v) is 10.3. The van der Waals surface area contributed by atoms with Gasteiger partial charge in [0.15, 0.2) is 5.78 Å². The van der Waals surface area contributed by atoms with Crippen molar-refractivity contribution in [2.24, 2.45) is 5.73 Å². The summed E-state index contributed by atoms with van der Waals surface area (Å²) in [6.45, 7) is 2.16. The third-order valence-electron chi connectivity index (χ3n) is 4.48. The van der Waals surface area contributed by atoms with Crippen molar-refractivity contribution in [2.75, 3.05) is 12.8 Å². The maximum atomic E-state index is 12.8. The Morgan fingerprint density at radius 1 is 1.21 bits per heavy atom. The lowest BCUT2D eigenvalue weighted by atomic mass is 9.94. The second-order valence-electron chi connectivity index (χ2n) is 7.39. The molecule has 29 heavy (non-hydrogen) atoms. The Morgan fingerprint density at radius 2 is 1.90 bits per heavy atom. The van der Waals surface area contributed by atoms with Crippen LogP contribution in [0.15, 0.2) is 36.4 Å². The molecule has 4 N–H and O–H groups in total. The molecule has 1 atom stereocenters. The minimum atomic E-state index is -4.05. The second kappa shape index (κ2) is 10.5. The molecular formula is C20H27FNO5PS. The molecule has 1 aromatic heterocycles. The summed E-state index contributed by atoms with van der Waals surface area (Å²) in [5.74, 6) is 0.291. The molecule has 0 aliphatic heterocycles. The van der Waals surface area contributed by atoms with Crippen LogP contribution in [-0.4, -0.2) is 33.9 Å². The quantitative estimate of drug-likeness (QED) is 0.258. The standard InChI is InChI=1S/C20H27FNO5PS/c1-20(22,12-14-28(24,25)26)11-10-17-8-9-19(29-17)18(23)3-2-13-27-16-6-4-15(21)5-7-16/h4-9H,2-3,10-14,22H2,1H3,(H2,24,25,26). The lowest BCUT2D eigenvalue weighted by Gasteiger charge is -2.24. The number of hydrogen-bond acceptors (Lipinski definition) is 5. The van der Waals surface area contributed by atoms with Crippen molar-refractivity contribution in [3.63, 3.8) is 0 Å². The van der Waals surface area contributed by atoms with E-state index in [4.69, 9.17) is 20.3 Å². The van der Waals surface area contributed by atoms with Gasteiger partial charge in [-0.05, 0) is 69.0 Å². The number of ketones is 1. The number of carbonyl (C=O) groups excluding carboxylic acids is 1. The van der Waals surface area contributed by atoms with Gasteiger partial charge in [-0.25, -0.2) is 4.39 Å². The molecule has 160 valence electrons. The Kier molecular flexibility index (Phi) is 8.55. The van der Waals surface area contributed by atoms with Crippen molar-refractivity contribution in [1.82, 2.24) is 0 Å². The highest BCUT2D eigenvalue weighted by Gasteiger charge is 2.24. The number of rotatable bonds is 12. The van der Waals surface area contributed by atoms with Crippen molar-refractivity contribution < 1.29 is 28.3 Å². The summed E-state index contributed by atoms with van der Waals surface area (Å²) in [6, 6.07) is 9.44. The largest absolute Gasteiger partial charge is 0.494 e. The number of ether oxygens (including phenoxy) is 1. The van der Waals surface area contributed by atoms with E-state index in [1.54, 1.807) is 25.1 Å². The number of nitrogens with two attached hydrogens (primary N) is 1. The zero-order valence-electron chi connectivity index (χ0n) is 16.3. The van der Waals surface area contributed by atoms with Gasteiger partial charge >= 0.3 is 7.60 Å². The number of benzene rings is 1. The van der Waals surface area contributed by atoms with Gasteiger partial charge in [0.2, 0.25) is 0 Å². The van der Waals surface area contributed by atoms with Crippen molar-refractivity contribution in [3.05, 3.63) is 52.0 Å². The summed E-state index contributed by atoms with van der Waals surface area (Å²) in [6.07, 6.45) is 2.16. The topological polar surface area (TPSA) is 110 Å². The van der Waals surface area contributed by atoms with Gasteiger partial charge in [-0.1, -0.05) is 0 Å². The first-order chi connectivity index (χ1) is 13.5. The van der Waals surface area contributed by atoms with Gasteiger partial charge in [0.25, 0.3) is 0 Å². The van der Waals surface area contributed by atoms with E-state index in [9.17, 15) is 13.8 Å². The molecule has 0 radical (unpaired) electrons. The van der Waals surface area contributed by atoms with Gasteiger partial charge in [0, 0.05) is 16.8 Å². The van der Waals surface area contributed by atoms with Gasteiger partial charge in [0.05, 0.1) is 17.6 Å². The van der Waals surface area contributed by atoms with Crippen LogP contribution in [0, 0.1) is 5.82 Å². The van der Waals surface area contributed by atoms with Crippen LogP contribution in [0.5, 0.6) is 5.75 Å². The normalized spacial score (nSPS) is 13.8. The molecule has 0 fully saturated rings. The Hall–Kier alpha value is -1.57. The molecule has 0 amide bonds. The third-order valence-corrected chi connectivity index (χ3v) is 6.48. The van der Waals surface area contributed by atoms with E-state index in [0.29, 0.717) is 42.9 Å². The van der Waals surface area contributed by atoms with Crippen LogP contribution in [0.2, 0.25) is 0 Å². The predicted octanol–water partition coefficient (Wildman–Crippen LogP) is 4.15. The molecular weight excluding hydrogens is 416 g/mol. The van der Waals surface area contributed by atoms with E-state index in [0.717, 1.165) is 4.88 Å². The van der Waals surface area contributed by atoms with Crippen LogP contribution in [0.1, 0.15) is 47.2 Å². The first kappa shape index (κ1) is 23.7. The van der Waals surface area contributed by atoms with Crippen molar-refractivity contribution in [2.45, 2.75) is 44.6 Å². The highest BCUT2D eigenvalue weighted by molar-refractivity contribution is 7.51. The average molecular weight is 443 g/mol. The number of aryl methyl sites for hydroxylation is 1. The van der Waals surface area contributed by atoms with Crippen molar-refractivity contribution in [3.8, 4) is 5.75 Å². The minimum absolute atomic E-state index is 0.0426. The molecule has 1 unspecified atom stereocenters. The zero-order valence-corrected chi connectivity index (χ0v) is 18.1. The molecule has 1 aromatic carbocycles. The number of hydrogen-bond donors (Lipinski definition) is 3. The van der Waals surface area contributed by atoms with Crippen molar-refractivity contribution >= 4 is 24.7 Å². The van der Waals surface area contributed by atoms with Crippen LogP contribution < -0.4 is 10.5 Å². The molecule has 2 rings (SSSR count). The van der Waals surface area contributed by atoms with Gasteiger partial charge in [-0.2, -0.15) is 0 Å². The van der Waals surface area contributed by atoms with E-state index in [1.165, 1.54) is 23.5 Å². The summed E-state index contributed by atoms with van der Waals surface area (Å²) in [4.78, 5) is 32.0. The van der Waals surface area contributed by atoms with Crippen LogP contribution in [0.25, 0.3) is 0 Å². The van der Waals surface area contributed by atoms with E-state index in [-0.39, 0.29) is 24.2 Å². The molecule has 1 heterocycles. The molecule has 0 aliphatic carbocycles. The van der Waals surface area contributed by atoms with Crippen LogP contribution in [0.4, 0.5) is 4.39 Å². The van der Waals surface area contributed by atoms with Gasteiger partial charge in [-0.15, -0.1) is 11.3 Å². The fraction of sp³-hybridized carbons (Fsp3) is 0.450. The Morgan fingerprint density at radius 3 is 2.55 bits per heavy atom. The first-order valence-corrected chi connectivity index (χ1v) is 12.0. The van der Waals surface area contributed by atoms with E-state index in [2.05, 4.69) is 0 Å². The fourth-order valence-electron chi connectivity index (χ4n) is 2.67. The summed E-state index contributed by atoms with van der Waals surface area (Å²) in [5, 5.41) is 0. The summed E-state index contributed by atoms with van der Waals surface area (Å²) < 4.78 is 29.3. The van der Waals surface area contributed by atoms with E-state index in [1.807, 2.05) is 6.07 Å². The lowest BCUT2D eigenvalue weighted by molar-refractivity contribution is 0.0977. The lowest BCUT2D eigenvalue weighted by Crippen LogP contribution is -2.37. The van der Waals surface area contributed by atoms with Crippen LogP contribution in [-0.2, 0) is 11.0 Å². The summed E-state index contributed by atoms with van der Waals surface area (Å²) in [5.41, 5.74) is 5.46. The monoisotopic (exact) mass is 443 g/mol. The summed E-state index contributed by atoms with van der Waals surface area (Å²) >= 11 is 1.42. The maximum absolute atomic E-state index is 12.8. The summed E-state index contributed by atoms with van der Waals surface area (Å²) in [7, 11) is -4.05. The number of halogens is 1. The highest BCUT2D eigenvalue weighted by Crippen LogP contribution is 2.37. The maximum Gasteiger partial charge on any atom is 0.325 e. The molecule has 9 heteroatoms. The Bertz CT molecular complexity index is 847. The number of thiophene rings is 1. The third kappa shape index (κ3) is 9.19. The smallest absolute Gasteiger partial charge is 0.325 e. The van der Waals surface area contributed by atoms with Gasteiger partial charge < -0.3 is 20.3 Å². The molecule has 6 nitrogen and oxygen atoms in total. The fourth-order valence-corrected chi connectivity index (χ4v) is 4.45. The average Bonchev–Trinajstić information content (AvgIpc) is 3.12. The van der Waals surface area contributed by atoms with Gasteiger partial charge in [-0.3, -0.25) is 9.36 Å². The molecule has 0 aliphatic rings. The number of Topliss-reactive ketones (excluding diaryl/α,β-unsaturated/α-hetero) is 1. The SMILES string of the molecule is CC(N)(CCc1ccc(C(=O)CCCOc2ccc(F)cc2)s1)CCP(=O)(O)O. The number of carbonyl (C=O) groups is 1. The van der Waals surface area contributed by atoms with Crippen LogP contribution in [0.3, 0.4) is 0 Å². The Labute approximate surface area is 174 Å². The minimum Gasteiger partial charge on any atom is -0.494 e. The molecule has 0 saturated carbocycles. The highest BCUT2D eigenvalue weighted by atomic mass is 32.1. The molecule has 2 aromatic rings.